The summed E-state index contributed by atoms with van der Waals surface area (Å²) in [7, 11) is 4.05. The summed E-state index contributed by atoms with van der Waals surface area (Å²) in [4.78, 5) is 22.6. The number of carbonyl (C=O) groups excluding carboxylic acids is 1. The average molecular weight is 468 g/mol. The number of benzene rings is 2. The van der Waals surface area contributed by atoms with Gasteiger partial charge < -0.3 is 18.9 Å². The van der Waals surface area contributed by atoms with Gasteiger partial charge in [0, 0.05) is 31.4 Å². The van der Waals surface area contributed by atoms with E-state index in [0.29, 0.717) is 11.4 Å². The predicted molar refractivity (Wildman–Crippen MR) is 114 cm³/mol. The summed E-state index contributed by atoms with van der Waals surface area (Å²) >= 11 is 6.17. The van der Waals surface area contributed by atoms with Crippen LogP contribution in [0.1, 0.15) is 34.3 Å². The second-order valence-corrected chi connectivity index (χ2v) is 7.89. The van der Waals surface area contributed by atoms with Crippen molar-refractivity contribution < 1.29 is 33.1 Å². The summed E-state index contributed by atoms with van der Waals surface area (Å²) < 4.78 is 36.0. The van der Waals surface area contributed by atoms with E-state index >= 15 is 0 Å². The van der Waals surface area contributed by atoms with Crippen LogP contribution < -0.4 is 4.74 Å². The van der Waals surface area contributed by atoms with E-state index in [4.69, 9.17) is 25.8 Å². The Kier molecular flexibility index (Phi) is 7.33. The van der Waals surface area contributed by atoms with Crippen LogP contribution in [0.4, 0.5) is 10.1 Å². The van der Waals surface area contributed by atoms with Gasteiger partial charge in [0.1, 0.15) is 18.0 Å². The van der Waals surface area contributed by atoms with E-state index < -0.39 is 39.7 Å². The van der Waals surface area contributed by atoms with Crippen molar-refractivity contribution in [2.24, 2.45) is 0 Å². The second-order valence-electron chi connectivity index (χ2n) is 7.45. The number of nitrogens with zero attached hydrogens (tertiary/aromatic N) is 1. The molecule has 0 bridgehead atoms. The molecule has 10 heteroatoms. The molecule has 0 N–H and O–H groups in total. The van der Waals surface area contributed by atoms with E-state index in [1.807, 2.05) is 12.1 Å². The maximum Gasteiger partial charge on any atom is 0.341 e. The van der Waals surface area contributed by atoms with Gasteiger partial charge in [-0.25, -0.2) is 9.18 Å². The lowest BCUT2D eigenvalue weighted by Crippen LogP contribution is -2.49. The Bertz CT molecular complexity index is 1030. The third-order valence-electron chi connectivity index (χ3n) is 5.69. The molecule has 32 heavy (non-hydrogen) atoms. The number of carbonyl (C=O) groups is 1. The molecule has 0 fully saturated rings. The number of hydrogen-bond donors (Lipinski definition) is 0. The highest BCUT2D eigenvalue weighted by molar-refractivity contribution is 6.30. The third-order valence-corrected chi connectivity index (χ3v) is 5.92. The van der Waals surface area contributed by atoms with Crippen LogP contribution in [0.25, 0.3) is 0 Å². The van der Waals surface area contributed by atoms with Crippen LogP contribution in [-0.4, -0.2) is 45.1 Å². The molecule has 0 radical (unpaired) electrons. The predicted octanol–water partition coefficient (Wildman–Crippen LogP) is 4.45. The molecule has 0 unspecified atom stereocenters. The Morgan fingerprint density at radius 2 is 1.97 bits per heavy atom. The highest BCUT2D eigenvalue weighted by atomic mass is 35.5. The lowest BCUT2D eigenvalue weighted by atomic mass is 9.69. The molecule has 2 aromatic rings. The van der Waals surface area contributed by atoms with E-state index in [1.54, 1.807) is 6.07 Å². The standard InChI is InChI=1S/C22H23ClFNO7/c1-29-20(26)15-10-18(25(27)28)19(11-17(15)24)32-12-22(21(30-2)31-3)8-4-5-13-9-14(23)6-7-16(13)22/h6-7,9-11,21H,4-5,8,12H2,1-3H3/t22-/m0/s1. The number of methoxy groups -OCH3 is 3. The smallest absolute Gasteiger partial charge is 0.341 e. The Balaban J connectivity index is 2.05. The molecule has 0 heterocycles. The zero-order valence-corrected chi connectivity index (χ0v) is 18.6. The molecule has 172 valence electrons. The van der Waals surface area contributed by atoms with Crippen molar-refractivity contribution in [2.75, 3.05) is 27.9 Å². The van der Waals surface area contributed by atoms with Crippen molar-refractivity contribution in [3.63, 3.8) is 0 Å². The van der Waals surface area contributed by atoms with E-state index in [1.165, 1.54) is 14.2 Å². The molecule has 0 saturated carbocycles. The topological polar surface area (TPSA) is 97.1 Å². The quantitative estimate of drug-likeness (QED) is 0.245. The number of halogens is 2. The fraction of sp³-hybridized carbons (Fsp3) is 0.409. The Morgan fingerprint density at radius 1 is 1.25 bits per heavy atom. The second kappa shape index (κ2) is 9.81. The van der Waals surface area contributed by atoms with Gasteiger partial charge in [0.25, 0.3) is 0 Å². The molecular weight excluding hydrogens is 445 g/mol. The summed E-state index contributed by atoms with van der Waals surface area (Å²) in [5.41, 5.74) is -0.0529. The number of hydrogen-bond acceptors (Lipinski definition) is 7. The van der Waals surface area contributed by atoms with Crippen LogP contribution in [0.5, 0.6) is 5.75 Å². The molecule has 2 aromatic carbocycles. The van der Waals surface area contributed by atoms with Crippen LogP contribution in [0.2, 0.25) is 5.02 Å². The summed E-state index contributed by atoms with van der Waals surface area (Å²) in [5.74, 6) is -2.32. The molecule has 3 rings (SSSR count). The number of ether oxygens (including phenoxy) is 4. The lowest BCUT2D eigenvalue weighted by Gasteiger charge is -2.42. The molecule has 0 amide bonds. The van der Waals surface area contributed by atoms with Gasteiger partial charge in [0.2, 0.25) is 0 Å². The van der Waals surface area contributed by atoms with Crippen LogP contribution in [0.15, 0.2) is 30.3 Å². The number of fused-ring (bicyclic) bond motifs is 1. The van der Waals surface area contributed by atoms with Crippen molar-refractivity contribution in [2.45, 2.75) is 31.0 Å². The van der Waals surface area contributed by atoms with Crippen LogP contribution in [-0.2, 0) is 26.0 Å². The molecule has 1 atom stereocenters. The fourth-order valence-corrected chi connectivity index (χ4v) is 4.46. The molecule has 0 saturated heterocycles. The zero-order chi connectivity index (χ0) is 23.5. The average Bonchev–Trinajstić information content (AvgIpc) is 2.77. The van der Waals surface area contributed by atoms with Gasteiger partial charge in [-0.1, -0.05) is 17.7 Å². The van der Waals surface area contributed by atoms with E-state index in [0.717, 1.165) is 43.2 Å². The Morgan fingerprint density at radius 3 is 2.59 bits per heavy atom. The Labute approximate surface area is 189 Å². The van der Waals surface area contributed by atoms with Gasteiger partial charge in [-0.2, -0.15) is 0 Å². The van der Waals surface area contributed by atoms with Crippen molar-refractivity contribution >= 4 is 23.3 Å². The Hall–Kier alpha value is -2.75. The first-order chi connectivity index (χ1) is 15.3. The minimum absolute atomic E-state index is 0.0914. The van der Waals surface area contributed by atoms with Gasteiger partial charge in [0.15, 0.2) is 12.0 Å². The number of esters is 1. The van der Waals surface area contributed by atoms with Gasteiger partial charge >= 0.3 is 11.7 Å². The summed E-state index contributed by atoms with van der Waals surface area (Å²) in [6.45, 7) is -0.0914. The summed E-state index contributed by atoms with van der Waals surface area (Å²) in [6, 6.07) is 7.09. The van der Waals surface area contributed by atoms with E-state index in [-0.39, 0.29) is 12.4 Å². The maximum atomic E-state index is 14.5. The normalized spacial score (nSPS) is 17.7. The van der Waals surface area contributed by atoms with Crippen molar-refractivity contribution in [3.05, 3.63) is 68.0 Å². The van der Waals surface area contributed by atoms with Crippen molar-refractivity contribution in [1.29, 1.82) is 0 Å². The van der Waals surface area contributed by atoms with E-state index in [2.05, 4.69) is 4.74 Å². The van der Waals surface area contributed by atoms with Gasteiger partial charge in [0.05, 0.1) is 17.4 Å². The minimum atomic E-state index is -1.02. The monoisotopic (exact) mass is 467 g/mol. The lowest BCUT2D eigenvalue weighted by molar-refractivity contribution is -0.386. The molecule has 1 aliphatic carbocycles. The molecule has 0 aromatic heterocycles. The number of rotatable bonds is 8. The number of nitro groups is 1. The minimum Gasteiger partial charge on any atom is -0.486 e. The van der Waals surface area contributed by atoms with Gasteiger partial charge in [-0.15, -0.1) is 0 Å². The highest BCUT2D eigenvalue weighted by Crippen LogP contribution is 2.43. The van der Waals surface area contributed by atoms with Crippen LogP contribution >= 0.6 is 11.6 Å². The highest BCUT2D eigenvalue weighted by Gasteiger charge is 2.46. The van der Waals surface area contributed by atoms with Crippen molar-refractivity contribution in [1.82, 2.24) is 0 Å². The molecular formula is C22H23ClFNO7. The number of nitro benzene ring substituents is 1. The zero-order valence-electron chi connectivity index (χ0n) is 17.9. The van der Waals surface area contributed by atoms with Crippen molar-refractivity contribution in [3.8, 4) is 5.75 Å². The third kappa shape index (κ3) is 4.41. The molecule has 0 spiro atoms. The fourth-order valence-electron chi connectivity index (χ4n) is 4.27. The number of aryl methyl sites for hydroxylation is 1. The van der Waals surface area contributed by atoms with E-state index in [9.17, 15) is 19.3 Å². The summed E-state index contributed by atoms with van der Waals surface area (Å²) in [6.07, 6.45) is 1.43. The van der Waals surface area contributed by atoms with Gasteiger partial charge in [-0.3, -0.25) is 10.1 Å². The van der Waals surface area contributed by atoms with Crippen LogP contribution in [0.3, 0.4) is 0 Å². The first kappa shape index (κ1) is 23.9. The first-order valence-corrected chi connectivity index (χ1v) is 10.2. The largest absolute Gasteiger partial charge is 0.486 e. The molecule has 0 aliphatic heterocycles. The van der Waals surface area contributed by atoms with Gasteiger partial charge in [-0.05, 0) is 42.5 Å². The SMILES string of the molecule is COC(=O)c1cc([N+](=O)[O-])c(OC[C@@]2(C(OC)OC)CCCc3cc(Cl)ccc32)cc1F. The maximum absolute atomic E-state index is 14.5. The molecule has 1 aliphatic rings. The summed E-state index contributed by atoms with van der Waals surface area (Å²) in [5, 5.41) is 12.2. The molecule has 8 nitrogen and oxygen atoms in total. The first-order valence-electron chi connectivity index (χ1n) is 9.81. The van der Waals surface area contributed by atoms with Crippen LogP contribution in [0, 0.1) is 15.9 Å².